The third-order valence-electron chi connectivity index (χ3n) is 6.44. The van der Waals surface area contributed by atoms with E-state index in [4.69, 9.17) is 9.47 Å². The van der Waals surface area contributed by atoms with Crippen molar-refractivity contribution in [1.82, 2.24) is 10.2 Å². The molecule has 3 aromatic carbocycles. The van der Waals surface area contributed by atoms with E-state index in [1.807, 2.05) is 61.5 Å². The van der Waals surface area contributed by atoms with Gasteiger partial charge in [0.2, 0.25) is 28.6 Å². The van der Waals surface area contributed by atoms with Gasteiger partial charge in [0.05, 0.1) is 11.9 Å². The molecule has 1 N–H and O–H groups in total. The minimum absolute atomic E-state index is 0.0358. The molecule has 2 amide bonds. The second-order valence-corrected chi connectivity index (χ2v) is 11.0. The molecule has 1 heterocycles. The molecule has 9 nitrogen and oxygen atoms in total. The molecule has 0 spiro atoms. The summed E-state index contributed by atoms with van der Waals surface area (Å²) in [5, 5.41) is 2.67. The summed E-state index contributed by atoms with van der Waals surface area (Å²) >= 11 is 0. The Kier molecular flexibility index (Phi) is 8.21. The summed E-state index contributed by atoms with van der Waals surface area (Å²) in [6.07, 6.45) is 1.30. The Morgan fingerprint density at radius 3 is 2.34 bits per heavy atom. The Balaban J connectivity index is 1.71. The lowest BCUT2D eigenvalue weighted by Crippen LogP contribution is -2.53. The number of likely N-dealkylation sites (N-methyl/N-ethyl adjacent to an activating group) is 1. The van der Waals surface area contributed by atoms with E-state index in [9.17, 15) is 18.0 Å². The molecule has 1 aliphatic heterocycles. The second kappa shape index (κ2) is 11.6. The number of ether oxygens (including phenoxy) is 2. The summed E-state index contributed by atoms with van der Waals surface area (Å²) < 4.78 is 37.5. The molecule has 0 saturated heterocycles. The van der Waals surface area contributed by atoms with Crippen molar-refractivity contribution in [2.75, 3.05) is 30.9 Å². The quantitative estimate of drug-likeness (QED) is 0.427. The first-order chi connectivity index (χ1) is 18.2. The summed E-state index contributed by atoms with van der Waals surface area (Å²) in [6.45, 7) is 1.61. The molecule has 0 aliphatic carbocycles. The number of amides is 2. The molecule has 38 heavy (non-hydrogen) atoms. The zero-order valence-corrected chi connectivity index (χ0v) is 22.4. The molecular formula is C28H31N3O6S. The van der Waals surface area contributed by atoms with Gasteiger partial charge < -0.3 is 19.7 Å². The van der Waals surface area contributed by atoms with Crippen molar-refractivity contribution < 1.29 is 27.5 Å². The standard InChI is InChI=1S/C28H31N3O6S/c1-20-9-7-8-12-22(20)17-30(24(28(33)29-2)15-21-10-5-4-6-11-21)27(32)18-31(38(3,34)35)23-13-14-25-26(16-23)37-19-36-25/h4-14,16,24H,15,17-19H2,1-3H3,(H,29,33)/t24-/m1/s1. The fourth-order valence-electron chi connectivity index (χ4n) is 4.35. The first kappa shape index (κ1) is 27.0. The van der Waals surface area contributed by atoms with Gasteiger partial charge in [-0.3, -0.25) is 13.9 Å². The number of nitrogens with one attached hydrogen (secondary N) is 1. The summed E-state index contributed by atoms with van der Waals surface area (Å²) in [4.78, 5) is 28.6. The summed E-state index contributed by atoms with van der Waals surface area (Å²) in [5.41, 5.74) is 2.95. The molecule has 3 aromatic rings. The number of sulfonamides is 1. The molecule has 0 radical (unpaired) electrons. The van der Waals surface area contributed by atoms with E-state index in [1.54, 1.807) is 12.1 Å². The summed E-state index contributed by atoms with van der Waals surface area (Å²) in [7, 11) is -2.35. The Hall–Kier alpha value is -4.05. The molecule has 200 valence electrons. The van der Waals surface area contributed by atoms with Gasteiger partial charge in [-0.1, -0.05) is 54.6 Å². The molecule has 0 aromatic heterocycles. The monoisotopic (exact) mass is 537 g/mol. The lowest BCUT2D eigenvalue weighted by atomic mass is 10.0. The number of anilines is 1. The van der Waals surface area contributed by atoms with Gasteiger partial charge in [0.1, 0.15) is 12.6 Å². The fourth-order valence-corrected chi connectivity index (χ4v) is 5.19. The molecule has 1 aliphatic rings. The second-order valence-electron chi connectivity index (χ2n) is 9.08. The fraction of sp³-hybridized carbons (Fsp3) is 0.286. The van der Waals surface area contributed by atoms with Crippen LogP contribution in [0.4, 0.5) is 5.69 Å². The first-order valence-corrected chi connectivity index (χ1v) is 14.0. The van der Waals surface area contributed by atoms with Crippen LogP contribution < -0.4 is 19.1 Å². The Labute approximate surface area is 223 Å². The molecule has 0 unspecified atom stereocenters. The number of benzene rings is 3. The van der Waals surface area contributed by atoms with Crippen molar-refractivity contribution in [3.05, 3.63) is 89.5 Å². The third-order valence-corrected chi connectivity index (χ3v) is 7.58. The van der Waals surface area contributed by atoms with Crippen molar-refractivity contribution in [2.45, 2.75) is 25.9 Å². The normalized spacial score (nSPS) is 13.0. The average molecular weight is 538 g/mol. The van der Waals surface area contributed by atoms with Crippen LogP contribution in [0.3, 0.4) is 0 Å². The van der Waals surface area contributed by atoms with Crippen LogP contribution in [-0.4, -0.2) is 57.8 Å². The van der Waals surface area contributed by atoms with Gasteiger partial charge in [-0.05, 0) is 35.7 Å². The van der Waals surface area contributed by atoms with Crippen LogP contribution >= 0.6 is 0 Å². The number of hydrogen-bond donors (Lipinski definition) is 1. The molecule has 10 heteroatoms. The highest BCUT2D eigenvalue weighted by Crippen LogP contribution is 2.36. The van der Waals surface area contributed by atoms with E-state index in [1.165, 1.54) is 18.0 Å². The average Bonchev–Trinajstić information content (AvgIpc) is 3.37. The first-order valence-electron chi connectivity index (χ1n) is 12.1. The third kappa shape index (κ3) is 6.25. The van der Waals surface area contributed by atoms with Crippen molar-refractivity contribution in [2.24, 2.45) is 0 Å². The van der Waals surface area contributed by atoms with Gasteiger partial charge in [0.25, 0.3) is 0 Å². The van der Waals surface area contributed by atoms with E-state index in [-0.39, 0.29) is 31.4 Å². The van der Waals surface area contributed by atoms with Gasteiger partial charge in [-0.15, -0.1) is 0 Å². The molecular weight excluding hydrogens is 506 g/mol. The highest BCUT2D eigenvalue weighted by atomic mass is 32.2. The van der Waals surface area contributed by atoms with Crippen LogP contribution in [0.1, 0.15) is 16.7 Å². The molecule has 0 bridgehead atoms. The van der Waals surface area contributed by atoms with Crippen LogP contribution in [0.25, 0.3) is 0 Å². The van der Waals surface area contributed by atoms with Gasteiger partial charge in [0.15, 0.2) is 11.5 Å². The van der Waals surface area contributed by atoms with Gasteiger partial charge in [-0.2, -0.15) is 0 Å². The highest BCUT2D eigenvalue weighted by molar-refractivity contribution is 7.92. The lowest BCUT2D eigenvalue weighted by Gasteiger charge is -2.33. The van der Waals surface area contributed by atoms with Gasteiger partial charge >= 0.3 is 0 Å². The van der Waals surface area contributed by atoms with Crippen molar-refractivity contribution in [3.8, 4) is 11.5 Å². The van der Waals surface area contributed by atoms with Crippen molar-refractivity contribution in [3.63, 3.8) is 0 Å². The summed E-state index contributed by atoms with van der Waals surface area (Å²) in [6, 6.07) is 20.8. The zero-order valence-electron chi connectivity index (χ0n) is 21.6. The van der Waals surface area contributed by atoms with Gasteiger partial charge in [0, 0.05) is 26.1 Å². The largest absolute Gasteiger partial charge is 0.454 e. The molecule has 1 atom stereocenters. The smallest absolute Gasteiger partial charge is 0.244 e. The number of aryl methyl sites for hydroxylation is 1. The number of carbonyl (C=O) groups is 2. The lowest BCUT2D eigenvalue weighted by molar-refractivity contribution is -0.139. The van der Waals surface area contributed by atoms with E-state index in [0.29, 0.717) is 11.5 Å². The van der Waals surface area contributed by atoms with Crippen LogP contribution in [0, 0.1) is 6.92 Å². The van der Waals surface area contributed by atoms with Crippen molar-refractivity contribution in [1.29, 1.82) is 0 Å². The molecule has 0 saturated carbocycles. The maximum Gasteiger partial charge on any atom is 0.244 e. The topological polar surface area (TPSA) is 105 Å². The molecule has 4 rings (SSSR count). The molecule has 0 fully saturated rings. The number of hydrogen-bond acceptors (Lipinski definition) is 6. The number of rotatable bonds is 10. The summed E-state index contributed by atoms with van der Waals surface area (Å²) in [5.74, 6) is 0.0376. The maximum absolute atomic E-state index is 14.0. The van der Waals surface area contributed by atoms with E-state index in [2.05, 4.69) is 5.32 Å². The van der Waals surface area contributed by atoms with Gasteiger partial charge in [-0.25, -0.2) is 8.42 Å². The highest BCUT2D eigenvalue weighted by Gasteiger charge is 2.33. The number of fused-ring (bicyclic) bond motifs is 1. The Morgan fingerprint density at radius 2 is 1.66 bits per heavy atom. The predicted octanol–water partition coefficient (Wildman–Crippen LogP) is 2.88. The predicted molar refractivity (Wildman–Crippen MR) is 144 cm³/mol. The van der Waals surface area contributed by atoms with Crippen molar-refractivity contribution >= 4 is 27.5 Å². The minimum atomic E-state index is -3.87. The number of nitrogens with zero attached hydrogens (tertiary/aromatic N) is 2. The Morgan fingerprint density at radius 1 is 0.974 bits per heavy atom. The van der Waals surface area contributed by atoms with E-state index >= 15 is 0 Å². The van der Waals surface area contributed by atoms with Crippen LogP contribution in [-0.2, 0) is 32.6 Å². The van der Waals surface area contributed by atoms with E-state index in [0.717, 1.165) is 27.3 Å². The van der Waals surface area contributed by atoms with Crippen LogP contribution in [0.2, 0.25) is 0 Å². The van der Waals surface area contributed by atoms with Crippen LogP contribution in [0.15, 0.2) is 72.8 Å². The SMILES string of the molecule is CNC(=O)[C@@H](Cc1ccccc1)N(Cc1ccccc1C)C(=O)CN(c1ccc2c(c1)OCO2)S(C)(=O)=O. The zero-order chi connectivity index (χ0) is 27.3. The minimum Gasteiger partial charge on any atom is -0.454 e. The van der Waals surface area contributed by atoms with E-state index < -0.39 is 28.5 Å². The van der Waals surface area contributed by atoms with Crippen LogP contribution in [0.5, 0.6) is 11.5 Å². The number of carbonyl (C=O) groups excluding carboxylic acids is 2. The Bertz CT molecular complexity index is 1410. The maximum atomic E-state index is 14.0.